The number of methoxy groups -OCH3 is 1. The zero-order chi connectivity index (χ0) is 30.6. The van der Waals surface area contributed by atoms with Crippen molar-refractivity contribution in [3.63, 3.8) is 0 Å². The molecular weight excluding hydrogens is 946 g/mol. The fraction of sp³-hybridized carbons (Fsp3) is 0.750. The molecule has 0 spiro atoms. The Labute approximate surface area is 299 Å². The molecule has 0 amide bonds. The van der Waals surface area contributed by atoms with Crippen LogP contribution in [0.5, 0.6) is 0 Å². The van der Waals surface area contributed by atoms with Gasteiger partial charge >= 0.3 is 5.97 Å². The summed E-state index contributed by atoms with van der Waals surface area (Å²) in [5, 5.41) is 14.4. The van der Waals surface area contributed by atoms with Crippen molar-refractivity contribution in [1.82, 2.24) is 0 Å². The first kappa shape index (κ1) is 56.9. The van der Waals surface area contributed by atoms with Crippen molar-refractivity contribution in [2.75, 3.05) is 14.2 Å². The standard InChI is InChI=1S/C3H6O2.C2H4O2.C2H6.CH4O.S11.S10.S3/c1-3(4)5-2;1-2(3)4;2*1-2;1-3-5-7-9-11-10-8-6-4-2;1-3-5-7-9-10-8-6-4-2;1-3-2/h1-2H3;1H3,(H,3,4);1-2H3;2H,1H3;;;. The van der Waals surface area contributed by atoms with Gasteiger partial charge in [0.15, 0.2) is 0 Å². The summed E-state index contributed by atoms with van der Waals surface area (Å²) in [6.07, 6.45) is 0. The molecule has 0 atom stereocenters. The number of esters is 1. The fourth-order valence-electron chi connectivity index (χ4n) is 0.147. The van der Waals surface area contributed by atoms with Gasteiger partial charge in [-0.1, -0.05) is 13.8 Å². The van der Waals surface area contributed by atoms with Crippen LogP contribution in [0.4, 0.5) is 0 Å². The van der Waals surface area contributed by atoms with Gasteiger partial charge in [0.2, 0.25) is 0 Å². The van der Waals surface area contributed by atoms with Crippen LogP contribution < -0.4 is 0 Å². The Morgan fingerprint density at radius 2 is 0.649 bits per heavy atom. The first-order chi connectivity index (χ1) is 17.7. The average Bonchev–Trinajstić information content (AvgIpc) is 2.89. The molecule has 0 aliphatic carbocycles. The first-order valence-electron chi connectivity index (χ1n) is 7.19. The Kier molecular flexibility index (Phi) is 111. The van der Waals surface area contributed by atoms with Gasteiger partial charge in [0, 0.05) is 248 Å². The molecule has 0 aliphatic heterocycles. The predicted molar refractivity (Wildman–Crippen MR) is 227 cm³/mol. The van der Waals surface area contributed by atoms with Gasteiger partial charge in [-0.3, -0.25) is 9.59 Å². The van der Waals surface area contributed by atoms with Crippen molar-refractivity contribution in [2.45, 2.75) is 27.7 Å². The van der Waals surface area contributed by atoms with Gasteiger partial charge in [0.1, 0.15) is 0 Å². The molecule has 37 heavy (non-hydrogen) atoms. The van der Waals surface area contributed by atoms with Crippen molar-refractivity contribution >= 4 is 239 Å². The molecule has 5 nitrogen and oxygen atoms in total. The van der Waals surface area contributed by atoms with E-state index in [1.165, 1.54) is 49.6 Å². The van der Waals surface area contributed by atoms with E-state index in [0.29, 0.717) is 0 Å². The molecule has 0 aromatic rings. The largest absolute Gasteiger partial charge is 0.481 e. The van der Waals surface area contributed by atoms with E-state index in [0.717, 1.165) is 22.9 Å². The van der Waals surface area contributed by atoms with Gasteiger partial charge in [0.25, 0.3) is 5.97 Å². The van der Waals surface area contributed by atoms with E-state index in [-0.39, 0.29) is 5.97 Å². The van der Waals surface area contributed by atoms with Crippen LogP contribution in [0.25, 0.3) is 0 Å². The summed E-state index contributed by atoms with van der Waals surface area (Å²) in [4.78, 5) is 18.6. The van der Waals surface area contributed by atoms with Crippen molar-refractivity contribution in [1.29, 1.82) is 0 Å². The van der Waals surface area contributed by atoms with Crippen LogP contribution in [-0.2, 0) is 241 Å². The lowest BCUT2D eigenvalue weighted by Crippen LogP contribution is -1.88. The molecule has 0 aromatic carbocycles. The fourth-order valence-corrected chi connectivity index (χ4v) is 35.8. The second-order valence-corrected chi connectivity index (χ2v) is 34.3. The normalized spacial score (nSPS) is 6.14. The van der Waals surface area contributed by atoms with Gasteiger partial charge in [-0.2, -0.15) is 0 Å². The smallest absolute Gasteiger partial charge is 0.302 e. The number of ether oxygens (including phenoxy) is 1. The first-order valence-corrected chi connectivity index (χ1v) is 35.2. The van der Waals surface area contributed by atoms with E-state index in [1.54, 1.807) is 115 Å². The number of carbonyl (C=O) groups is 2. The molecule has 0 fully saturated rings. The number of aliphatic hydroxyl groups is 1. The van der Waals surface area contributed by atoms with Gasteiger partial charge in [-0.05, 0) is 0 Å². The Morgan fingerprint density at radius 3 is 0.730 bits per heavy atom. The van der Waals surface area contributed by atoms with E-state index in [9.17, 15) is 4.79 Å². The zero-order valence-electron chi connectivity index (χ0n) is 18.9. The van der Waals surface area contributed by atoms with Crippen molar-refractivity contribution < 1.29 is 24.5 Å². The molecule has 0 unspecified atom stereocenters. The highest BCUT2D eigenvalue weighted by Crippen LogP contribution is 1.60. The van der Waals surface area contributed by atoms with Gasteiger partial charge in [-0.25, -0.2) is 0 Å². The number of carboxylic acids is 1. The maximum Gasteiger partial charge on any atom is 0.302 e. The number of hydrogen-bond acceptors (Lipinski definition) is 10. The second kappa shape index (κ2) is 72.4. The molecule has 0 aromatic heterocycles. The van der Waals surface area contributed by atoms with E-state index < -0.39 is 5.97 Å². The van der Waals surface area contributed by atoms with Crippen LogP contribution in [0.15, 0.2) is 0 Å². The zero-order valence-corrected chi connectivity index (χ0v) is 38.5. The monoisotopic (exact) mass is 963 g/mol. The third-order valence-electron chi connectivity index (χ3n) is 0.704. The van der Waals surface area contributed by atoms with Crippen LogP contribution in [0.3, 0.4) is 0 Å². The van der Waals surface area contributed by atoms with E-state index in [4.69, 9.17) is 15.0 Å². The molecule has 0 saturated carbocycles. The lowest BCUT2D eigenvalue weighted by molar-refractivity contribution is -0.138. The summed E-state index contributed by atoms with van der Waals surface area (Å²) in [7, 11) is 30.4. The SMILES string of the molecule is CC.CC(=O)O.CO.COC(C)=O.S=S=S.S=S=S=S=S=S=S=S=S=S.S=S=S=S=S=S=S=S=S=S=S. The molecule has 0 radical (unpaired) electrons. The quantitative estimate of drug-likeness (QED) is 0.340. The Bertz CT molecular complexity index is 1230. The van der Waals surface area contributed by atoms with Gasteiger partial charge < -0.3 is 14.9 Å². The topological polar surface area (TPSA) is 83.8 Å². The minimum atomic E-state index is -0.833. The van der Waals surface area contributed by atoms with Gasteiger partial charge in [0.05, 0.1) is 7.11 Å². The highest BCUT2D eigenvalue weighted by molar-refractivity contribution is 8.74. The number of carboxylic acid groups (broad SMARTS) is 1. The molecule has 0 aliphatic rings. The van der Waals surface area contributed by atoms with E-state index in [2.05, 4.69) is 71.9 Å². The molecule has 2 N–H and O–H groups in total. The number of aliphatic carboxylic acids is 1. The summed E-state index contributed by atoms with van der Waals surface area (Å²) in [6, 6.07) is 0. The van der Waals surface area contributed by atoms with E-state index in [1.807, 2.05) is 13.8 Å². The lowest BCUT2D eigenvalue weighted by atomic mass is 10.8. The third kappa shape index (κ3) is 131. The number of rotatable bonds is 0. The van der Waals surface area contributed by atoms with Gasteiger partial charge in [-0.15, -0.1) is 0 Å². The highest BCUT2D eigenvalue weighted by Gasteiger charge is 1.75. The van der Waals surface area contributed by atoms with Crippen LogP contribution in [0, 0.1) is 0 Å². The van der Waals surface area contributed by atoms with Crippen LogP contribution >= 0.6 is 0 Å². The third-order valence-corrected chi connectivity index (χ3v) is 34.0. The molecule has 0 saturated heterocycles. The Morgan fingerprint density at radius 1 is 0.541 bits per heavy atom. The maximum absolute atomic E-state index is 9.59. The molecule has 226 valence electrons. The minimum absolute atomic E-state index is 0.245. The predicted octanol–water partition coefficient (Wildman–Crippen LogP) is 0.847. The minimum Gasteiger partial charge on any atom is -0.481 e. The Hall–Kier alpha value is 4.18. The Balaban J connectivity index is -0.0000000630. The van der Waals surface area contributed by atoms with Crippen molar-refractivity contribution in [3.8, 4) is 0 Å². The summed E-state index contributed by atoms with van der Waals surface area (Å²) in [5.74, 6) is -1.08. The molecule has 29 heteroatoms. The van der Waals surface area contributed by atoms with Crippen molar-refractivity contribution in [2.24, 2.45) is 0 Å². The second-order valence-electron chi connectivity index (χ2n) is 2.44. The highest BCUT2D eigenvalue weighted by atomic mass is 33.4. The molecule has 0 rings (SSSR count). The van der Waals surface area contributed by atoms with Crippen LogP contribution in [-0.4, -0.2) is 36.4 Å². The van der Waals surface area contributed by atoms with Crippen molar-refractivity contribution in [3.05, 3.63) is 0 Å². The summed E-state index contributed by atoms with van der Waals surface area (Å²) in [6.45, 7) is 6.44. The molecule has 0 heterocycles. The van der Waals surface area contributed by atoms with E-state index >= 15 is 0 Å². The lowest BCUT2D eigenvalue weighted by Gasteiger charge is -1.80. The van der Waals surface area contributed by atoms with Crippen LogP contribution in [0.1, 0.15) is 27.7 Å². The summed E-state index contributed by atoms with van der Waals surface area (Å²) < 4.78 is 4.11. The average molecular weight is 966 g/mol. The van der Waals surface area contributed by atoms with Crippen LogP contribution in [0.2, 0.25) is 0 Å². The molecular formula is C8H20O5S24. The summed E-state index contributed by atoms with van der Waals surface area (Å²) >= 11 is 26.9. The number of aliphatic hydroxyl groups excluding tert-OH is 1. The number of carbonyl (C=O) groups excluding carboxylic acids is 1. The summed E-state index contributed by atoms with van der Waals surface area (Å²) in [5.41, 5.74) is 0. The number of hydrogen-bond donors (Lipinski definition) is 2. The maximum atomic E-state index is 9.59. The molecule has 0 bridgehead atoms.